The van der Waals surface area contributed by atoms with E-state index in [-0.39, 0.29) is 66.0 Å². The van der Waals surface area contributed by atoms with Crippen LogP contribution in [0, 0.1) is 23.0 Å². The quantitative estimate of drug-likeness (QED) is 0.141. The Morgan fingerprint density at radius 2 is 1.86 bits per heavy atom. The third-order valence-corrected chi connectivity index (χ3v) is 12.4. The van der Waals surface area contributed by atoms with E-state index in [0.717, 1.165) is 6.07 Å². The molecule has 3 N–H and O–H groups in total. The second-order valence-corrected chi connectivity index (χ2v) is 17.7. The number of sulfone groups is 1. The van der Waals surface area contributed by atoms with Crippen molar-refractivity contribution in [1.82, 2.24) is 25.1 Å². The van der Waals surface area contributed by atoms with E-state index >= 15 is 8.78 Å². The first kappa shape index (κ1) is 40.8. The monoisotopic (exact) mass is 801 g/mol. The number of benzene rings is 3. The number of aromatic amines is 1. The van der Waals surface area contributed by atoms with Gasteiger partial charge in [0.15, 0.2) is 33.1 Å². The summed E-state index contributed by atoms with van der Waals surface area (Å²) in [5, 5.41) is 17.4. The number of carbonyl (C=O) groups is 1. The lowest BCUT2D eigenvalue weighted by Gasteiger charge is -2.34. The number of hydrogen-bond donors (Lipinski definition) is 3. The van der Waals surface area contributed by atoms with Crippen molar-refractivity contribution in [2.45, 2.75) is 64.5 Å². The van der Waals surface area contributed by atoms with Gasteiger partial charge in [-0.25, -0.2) is 26.9 Å². The standard InChI is InChI=1S/C40H44F5N5O5S/c1-24(36(51)52)17-25-7-5-8-26(18-25)39(21-46-22-40(43,44)45)14-6-13-38(2,3)23-56(53,54)16-12-29-28-11-15-47-33(28)20-32(42)34(29)55-27-9-10-31(41)30(19-27)35-48-37(39)49-50(35)4/h5,7-11,15,18-20,24,46-47H,6,12-14,16-17,21-23H2,1-4H3,(H,51,52). The van der Waals surface area contributed by atoms with Gasteiger partial charge in [0.05, 0.1) is 34.9 Å². The van der Waals surface area contributed by atoms with Gasteiger partial charge in [-0.15, -0.1) is 0 Å². The number of ether oxygens (including phenoxy) is 1. The zero-order chi connectivity index (χ0) is 40.6. The number of aromatic nitrogens is 4. The Hall–Kier alpha value is -4.83. The van der Waals surface area contributed by atoms with Crippen LogP contribution in [0.25, 0.3) is 22.3 Å². The molecule has 5 aromatic rings. The Morgan fingerprint density at radius 1 is 1.09 bits per heavy atom. The van der Waals surface area contributed by atoms with E-state index in [1.807, 2.05) is 0 Å². The molecule has 56 heavy (non-hydrogen) atoms. The molecule has 0 fully saturated rings. The van der Waals surface area contributed by atoms with Crippen molar-refractivity contribution in [2.24, 2.45) is 18.4 Å². The number of aliphatic carboxylic acids is 1. The van der Waals surface area contributed by atoms with Gasteiger partial charge in [-0.3, -0.25) is 4.79 Å². The summed E-state index contributed by atoms with van der Waals surface area (Å²) >= 11 is 0. The van der Waals surface area contributed by atoms with Gasteiger partial charge in [-0.2, -0.15) is 18.3 Å². The van der Waals surface area contributed by atoms with E-state index in [2.05, 4.69) is 15.4 Å². The third kappa shape index (κ3) is 9.07. The lowest BCUT2D eigenvalue weighted by Crippen LogP contribution is -2.43. The number of hydrogen-bond acceptors (Lipinski definition) is 7. The number of alkyl halides is 3. The van der Waals surface area contributed by atoms with Crippen LogP contribution in [0.5, 0.6) is 11.5 Å². The largest absolute Gasteiger partial charge is 0.481 e. The van der Waals surface area contributed by atoms with Crippen molar-refractivity contribution >= 4 is 26.7 Å². The lowest BCUT2D eigenvalue weighted by atomic mass is 9.73. The number of aryl methyl sites for hydroxylation is 2. The SMILES string of the molecule is CC(Cc1cccc(C2(CNCC(F)(F)F)CCCC(C)(C)CS(=O)(=O)CCc3c(c(F)cc4[nH]ccc34)Oc3ccc(F)c(c3)-c3nc2nn3C)c1)C(=O)O. The summed E-state index contributed by atoms with van der Waals surface area (Å²) in [4.78, 5) is 19.5. The number of nitrogens with one attached hydrogen (secondary N) is 2. The Labute approximate surface area is 321 Å². The molecule has 3 aromatic carbocycles. The van der Waals surface area contributed by atoms with Crippen molar-refractivity contribution in [3.8, 4) is 22.9 Å². The summed E-state index contributed by atoms with van der Waals surface area (Å²) in [5.41, 5.74) is -0.381. The molecule has 2 atom stereocenters. The second-order valence-electron chi connectivity index (χ2n) is 15.5. The summed E-state index contributed by atoms with van der Waals surface area (Å²) in [6.45, 7) is 3.49. The first-order valence-corrected chi connectivity index (χ1v) is 20.1. The number of fused-ring (bicyclic) bond motifs is 8. The van der Waals surface area contributed by atoms with Crippen LogP contribution in [0.4, 0.5) is 22.0 Å². The van der Waals surface area contributed by atoms with Crippen molar-refractivity contribution in [1.29, 1.82) is 0 Å². The Balaban J connectivity index is 1.55. The van der Waals surface area contributed by atoms with Gasteiger partial charge in [0.2, 0.25) is 0 Å². The van der Waals surface area contributed by atoms with Gasteiger partial charge in [0.1, 0.15) is 11.6 Å². The molecule has 3 heterocycles. The van der Waals surface area contributed by atoms with E-state index in [9.17, 15) is 31.5 Å². The topological polar surface area (TPSA) is 139 Å². The number of rotatable bonds is 7. The molecule has 1 aliphatic rings. The molecular formula is C40H44F5N5O5S. The lowest BCUT2D eigenvalue weighted by molar-refractivity contribution is -0.141. The van der Waals surface area contributed by atoms with Gasteiger partial charge in [-0.1, -0.05) is 51.5 Å². The zero-order valence-corrected chi connectivity index (χ0v) is 32.3. The van der Waals surface area contributed by atoms with Crippen molar-refractivity contribution in [3.63, 3.8) is 0 Å². The predicted molar refractivity (Wildman–Crippen MR) is 201 cm³/mol. The fourth-order valence-corrected chi connectivity index (χ4v) is 9.63. The van der Waals surface area contributed by atoms with Crippen LogP contribution in [0.1, 0.15) is 62.5 Å². The van der Waals surface area contributed by atoms with Crippen molar-refractivity contribution in [3.05, 3.63) is 94.9 Å². The number of nitrogens with zero attached hydrogens (tertiary/aromatic N) is 3. The van der Waals surface area contributed by atoms with Crippen LogP contribution in [0.3, 0.4) is 0 Å². The fourth-order valence-electron chi connectivity index (χ4n) is 7.64. The minimum absolute atomic E-state index is 0.0180. The van der Waals surface area contributed by atoms with Crippen molar-refractivity contribution in [2.75, 3.05) is 24.6 Å². The number of carboxylic acids is 1. The molecular weight excluding hydrogens is 758 g/mol. The molecule has 2 aromatic heterocycles. The van der Waals surface area contributed by atoms with Crippen LogP contribution < -0.4 is 10.1 Å². The molecule has 300 valence electrons. The molecule has 0 aliphatic carbocycles. The predicted octanol–water partition coefficient (Wildman–Crippen LogP) is 7.90. The maximum absolute atomic E-state index is 15.8. The Bertz CT molecular complexity index is 2360. The van der Waals surface area contributed by atoms with Gasteiger partial charge in [-0.05, 0) is 66.5 Å². The minimum atomic E-state index is -4.57. The molecule has 0 radical (unpaired) electrons. The maximum atomic E-state index is 15.8. The maximum Gasteiger partial charge on any atom is 0.401 e. The number of H-pyrrole nitrogens is 1. The van der Waals surface area contributed by atoms with Crippen LogP contribution in [-0.2, 0) is 39.9 Å². The summed E-state index contributed by atoms with van der Waals surface area (Å²) in [6, 6.07) is 13.5. The molecule has 16 heteroatoms. The van der Waals surface area contributed by atoms with E-state index < -0.39 is 56.9 Å². The van der Waals surface area contributed by atoms with E-state index in [1.54, 1.807) is 57.3 Å². The first-order chi connectivity index (χ1) is 26.3. The Kier molecular flexibility index (Phi) is 11.4. The molecule has 4 bridgehead atoms. The van der Waals surface area contributed by atoms with Crippen LogP contribution >= 0.6 is 0 Å². The highest BCUT2D eigenvalue weighted by atomic mass is 32.2. The molecule has 10 nitrogen and oxygen atoms in total. The zero-order valence-electron chi connectivity index (χ0n) is 31.4. The molecule has 0 saturated carbocycles. The summed E-state index contributed by atoms with van der Waals surface area (Å²) in [7, 11) is -2.24. The van der Waals surface area contributed by atoms with E-state index in [1.165, 1.54) is 29.9 Å². The highest BCUT2D eigenvalue weighted by molar-refractivity contribution is 7.91. The molecule has 1 aliphatic heterocycles. The van der Waals surface area contributed by atoms with E-state index in [4.69, 9.17) is 9.72 Å². The Morgan fingerprint density at radius 3 is 2.59 bits per heavy atom. The smallest absolute Gasteiger partial charge is 0.401 e. The van der Waals surface area contributed by atoms with Crippen molar-refractivity contribution < 1.29 is 45.0 Å². The average molecular weight is 802 g/mol. The van der Waals surface area contributed by atoms with Gasteiger partial charge in [0.25, 0.3) is 0 Å². The summed E-state index contributed by atoms with van der Waals surface area (Å²) < 4.78 is 107. The highest BCUT2D eigenvalue weighted by Gasteiger charge is 2.41. The van der Waals surface area contributed by atoms with Crippen LogP contribution in [0.15, 0.2) is 60.8 Å². The van der Waals surface area contributed by atoms with Crippen LogP contribution in [0.2, 0.25) is 0 Å². The fraction of sp³-hybridized carbons (Fsp3) is 0.425. The molecule has 0 saturated heterocycles. The van der Waals surface area contributed by atoms with Gasteiger partial charge < -0.3 is 20.1 Å². The number of halogens is 5. The van der Waals surface area contributed by atoms with E-state index in [0.29, 0.717) is 40.4 Å². The second kappa shape index (κ2) is 15.6. The average Bonchev–Trinajstić information content (AvgIpc) is 3.73. The molecule has 0 spiro atoms. The summed E-state index contributed by atoms with van der Waals surface area (Å²) in [6.07, 6.45) is -2.11. The van der Waals surface area contributed by atoms with Gasteiger partial charge in [0, 0.05) is 42.3 Å². The molecule has 2 unspecified atom stereocenters. The minimum Gasteiger partial charge on any atom is -0.481 e. The number of carboxylic acid groups (broad SMARTS) is 1. The van der Waals surface area contributed by atoms with Gasteiger partial charge >= 0.3 is 12.1 Å². The third-order valence-electron chi connectivity index (χ3n) is 10.4. The van der Waals surface area contributed by atoms with Crippen LogP contribution in [-0.4, -0.2) is 70.0 Å². The molecule has 6 rings (SSSR count). The first-order valence-electron chi connectivity index (χ1n) is 18.2. The summed E-state index contributed by atoms with van der Waals surface area (Å²) in [5.74, 6) is -3.92. The normalized spacial score (nSPS) is 19.4. The highest BCUT2D eigenvalue weighted by Crippen LogP contribution is 2.41. The molecule has 0 amide bonds.